The van der Waals surface area contributed by atoms with Crippen molar-refractivity contribution >= 4 is 40.0 Å². The Morgan fingerprint density at radius 1 is 1.29 bits per heavy atom. The van der Waals surface area contributed by atoms with E-state index in [1.54, 1.807) is 0 Å². The van der Waals surface area contributed by atoms with E-state index in [0.29, 0.717) is 12.3 Å². The number of hydrogen-bond acceptors (Lipinski definition) is 3. The molecule has 3 rings (SSSR count). The van der Waals surface area contributed by atoms with Gasteiger partial charge in [-0.15, -0.1) is 0 Å². The molecular weight excluding hydrogens is 397 g/mol. The number of rotatable bonds is 5. The lowest BCUT2D eigenvalue weighted by atomic mass is 10.1. The van der Waals surface area contributed by atoms with E-state index >= 15 is 0 Å². The van der Waals surface area contributed by atoms with Crippen LogP contribution in [0.25, 0.3) is 0 Å². The maximum Gasteiger partial charge on any atom is 0.143 e. The van der Waals surface area contributed by atoms with E-state index < -0.39 is 0 Å². The standard InChI is InChI=1S/C16H17ClIN3/c1-2-19-16-14(18)15(10-7-8-10)20-13(21-16)9-11-5-3-4-6-12(11)17/h3-6,10H,2,7-9H2,1H3,(H,19,20,21). The summed E-state index contributed by atoms with van der Waals surface area (Å²) in [5, 5.41) is 4.12. The fourth-order valence-electron chi connectivity index (χ4n) is 2.32. The molecule has 1 saturated carbocycles. The van der Waals surface area contributed by atoms with E-state index in [2.05, 4.69) is 39.8 Å². The van der Waals surface area contributed by atoms with Crippen LogP contribution in [0.2, 0.25) is 5.02 Å². The van der Waals surface area contributed by atoms with Crippen LogP contribution < -0.4 is 5.32 Å². The molecule has 5 heteroatoms. The molecule has 0 radical (unpaired) electrons. The highest BCUT2D eigenvalue weighted by atomic mass is 127. The van der Waals surface area contributed by atoms with Gasteiger partial charge in [-0.2, -0.15) is 0 Å². The van der Waals surface area contributed by atoms with Gasteiger partial charge in [0, 0.05) is 23.9 Å². The van der Waals surface area contributed by atoms with Gasteiger partial charge in [0.15, 0.2) is 0 Å². The quantitative estimate of drug-likeness (QED) is 0.726. The summed E-state index contributed by atoms with van der Waals surface area (Å²) < 4.78 is 1.17. The molecule has 2 aromatic rings. The van der Waals surface area contributed by atoms with Crippen LogP contribution >= 0.6 is 34.2 Å². The SMILES string of the molecule is CCNc1nc(Cc2ccccc2Cl)nc(C2CC2)c1I. The number of hydrogen-bond donors (Lipinski definition) is 1. The zero-order valence-corrected chi connectivity index (χ0v) is 14.8. The molecule has 0 aliphatic heterocycles. The van der Waals surface area contributed by atoms with Crippen LogP contribution in [-0.2, 0) is 6.42 Å². The Morgan fingerprint density at radius 2 is 2.05 bits per heavy atom. The average Bonchev–Trinajstić information content (AvgIpc) is 3.29. The molecular formula is C16H17ClIN3. The van der Waals surface area contributed by atoms with Crippen molar-refractivity contribution in [2.24, 2.45) is 0 Å². The Hall–Kier alpha value is -0.880. The van der Waals surface area contributed by atoms with Gasteiger partial charge in [-0.3, -0.25) is 0 Å². The van der Waals surface area contributed by atoms with Gasteiger partial charge < -0.3 is 5.32 Å². The van der Waals surface area contributed by atoms with Gasteiger partial charge in [0.2, 0.25) is 0 Å². The molecule has 0 saturated heterocycles. The predicted molar refractivity (Wildman–Crippen MR) is 95.1 cm³/mol. The third kappa shape index (κ3) is 3.48. The zero-order chi connectivity index (χ0) is 14.8. The van der Waals surface area contributed by atoms with Crippen molar-refractivity contribution in [3.63, 3.8) is 0 Å². The molecule has 3 nitrogen and oxygen atoms in total. The van der Waals surface area contributed by atoms with Crippen LogP contribution in [0.15, 0.2) is 24.3 Å². The number of nitrogens with zero attached hydrogens (tertiary/aromatic N) is 2. The zero-order valence-electron chi connectivity index (χ0n) is 11.9. The normalized spacial score (nSPS) is 14.2. The Morgan fingerprint density at radius 3 is 2.71 bits per heavy atom. The molecule has 1 fully saturated rings. The molecule has 1 aliphatic rings. The lowest BCUT2D eigenvalue weighted by molar-refractivity contribution is 0.887. The largest absolute Gasteiger partial charge is 0.369 e. The summed E-state index contributed by atoms with van der Waals surface area (Å²) in [4.78, 5) is 9.48. The lowest BCUT2D eigenvalue weighted by Gasteiger charge is -2.12. The van der Waals surface area contributed by atoms with Crippen molar-refractivity contribution in [3.8, 4) is 0 Å². The van der Waals surface area contributed by atoms with Gasteiger partial charge in [-0.1, -0.05) is 29.8 Å². The second-order valence-electron chi connectivity index (χ2n) is 5.26. The van der Waals surface area contributed by atoms with Crippen molar-refractivity contribution in [1.29, 1.82) is 0 Å². The first kappa shape index (κ1) is 15.0. The highest BCUT2D eigenvalue weighted by molar-refractivity contribution is 14.1. The van der Waals surface area contributed by atoms with Crippen molar-refractivity contribution in [1.82, 2.24) is 9.97 Å². The third-order valence-electron chi connectivity index (χ3n) is 3.54. The highest BCUT2D eigenvalue weighted by Gasteiger charge is 2.29. The molecule has 0 bridgehead atoms. The Balaban J connectivity index is 1.96. The number of halogens is 2. The highest BCUT2D eigenvalue weighted by Crippen LogP contribution is 2.42. The number of anilines is 1. The van der Waals surface area contributed by atoms with Crippen molar-refractivity contribution in [2.75, 3.05) is 11.9 Å². The minimum Gasteiger partial charge on any atom is -0.369 e. The fourth-order valence-corrected chi connectivity index (χ4v) is 3.39. The fraction of sp³-hybridized carbons (Fsp3) is 0.375. The Kier molecular flexibility index (Phi) is 4.64. The summed E-state index contributed by atoms with van der Waals surface area (Å²) in [6, 6.07) is 7.89. The second kappa shape index (κ2) is 6.48. The molecule has 1 aromatic carbocycles. The van der Waals surface area contributed by atoms with E-state index in [4.69, 9.17) is 16.6 Å². The van der Waals surface area contributed by atoms with Crippen LogP contribution in [0.5, 0.6) is 0 Å². The van der Waals surface area contributed by atoms with Gasteiger partial charge in [-0.05, 0) is 54.0 Å². The maximum atomic E-state index is 6.25. The summed E-state index contributed by atoms with van der Waals surface area (Å²) >= 11 is 8.61. The van der Waals surface area contributed by atoms with Crippen molar-refractivity contribution < 1.29 is 0 Å². The topological polar surface area (TPSA) is 37.8 Å². The van der Waals surface area contributed by atoms with Crippen LogP contribution in [0.1, 0.15) is 42.8 Å². The van der Waals surface area contributed by atoms with Gasteiger partial charge in [0.05, 0.1) is 9.26 Å². The minimum atomic E-state index is 0.613. The lowest BCUT2D eigenvalue weighted by Crippen LogP contribution is -2.10. The summed E-state index contributed by atoms with van der Waals surface area (Å²) in [6.45, 7) is 2.95. The number of aromatic nitrogens is 2. The first-order valence-corrected chi connectivity index (χ1v) is 8.68. The van der Waals surface area contributed by atoms with E-state index in [0.717, 1.165) is 28.8 Å². The molecule has 1 aromatic heterocycles. The van der Waals surface area contributed by atoms with Gasteiger partial charge in [0.1, 0.15) is 11.6 Å². The Labute approximate surface area is 143 Å². The summed E-state index contributed by atoms with van der Waals surface area (Å²) in [5.74, 6) is 2.42. The van der Waals surface area contributed by atoms with Crippen molar-refractivity contribution in [2.45, 2.75) is 32.1 Å². The summed E-state index contributed by atoms with van der Waals surface area (Å²) in [7, 11) is 0. The summed E-state index contributed by atoms with van der Waals surface area (Å²) in [5.41, 5.74) is 2.27. The summed E-state index contributed by atoms with van der Waals surface area (Å²) in [6.07, 6.45) is 3.16. The van der Waals surface area contributed by atoms with E-state index in [1.165, 1.54) is 22.1 Å². The van der Waals surface area contributed by atoms with Crippen LogP contribution in [0.4, 0.5) is 5.82 Å². The van der Waals surface area contributed by atoms with E-state index in [1.807, 2.05) is 24.3 Å². The van der Waals surface area contributed by atoms with Crippen LogP contribution in [0, 0.1) is 3.57 Å². The molecule has 110 valence electrons. The van der Waals surface area contributed by atoms with Crippen LogP contribution in [0.3, 0.4) is 0 Å². The molecule has 1 N–H and O–H groups in total. The van der Waals surface area contributed by atoms with Gasteiger partial charge in [0.25, 0.3) is 0 Å². The first-order valence-electron chi connectivity index (χ1n) is 7.22. The maximum absolute atomic E-state index is 6.25. The second-order valence-corrected chi connectivity index (χ2v) is 6.75. The average molecular weight is 414 g/mol. The van der Waals surface area contributed by atoms with E-state index in [9.17, 15) is 0 Å². The van der Waals surface area contributed by atoms with Crippen LogP contribution in [-0.4, -0.2) is 16.5 Å². The minimum absolute atomic E-state index is 0.613. The molecule has 0 amide bonds. The smallest absolute Gasteiger partial charge is 0.143 e. The van der Waals surface area contributed by atoms with Gasteiger partial charge in [-0.25, -0.2) is 9.97 Å². The van der Waals surface area contributed by atoms with Crippen molar-refractivity contribution in [3.05, 3.63) is 49.9 Å². The predicted octanol–water partition coefficient (Wildman–Crippen LogP) is 4.63. The Bertz CT molecular complexity index is 656. The van der Waals surface area contributed by atoms with E-state index in [-0.39, 0.29) is 0 Å². The first-order chi connectivity index (χ1) is 10.2. The van der Waals surface area contributed by atoms with Gasteiger partial charge >= 0.3 is 0 Å². The molecule has 21 heavy (non-hydrogen) atoms. The monoisotopic (exact) mass is 413 g/mol. The molecule has 1 aliphatic carbocycles. The molecule has 0 atom stereocenters. The molecule has 0 unspecified atom stereocenters. The molecule has 0 spiro atoms. The number of benzene rings is 1. The third-order valence-corrected chi connectivity index (χ3v) is 4.97. The molecule has 1 heterocycles. The number of nitrogens with one attached hydrogen (secondary N) is 1.